The van der Waals surface area contributed by atoms with Gasteiger partial charge in [0, 0.05) is 50.4 Å². The van der Waals surface area contributed by atoms with E-state index in [0.717, 1.165) is 32.6 Å². The van der Waals surface area contributed by atoms with Crippen molar-refractivity contribution in [3.05, 3.63) is 24.2 Å². The Morgan fingerprint density at radius 1 is 1.44 bits per heavy atom. The van der Waals surface area contributed by atoms with Gasteiger partial charge in [-0.1, -0.05) is 0 Å². The van der Waals surface area contributed by atoms with E-state index in [-0.39, 0.29) is 6.61 Å². The summed E-state index contributed by atoms with van der Waals surface area (Å²) in [6, 6.07) is 3.05. The summed E-state index contributed by atoms with van der Waals surface area (Å²) in [7, 11) is 0. The third-order valence-corrected chi connectivity index (χ3v) is 3.72. The normalized spacial score (nSPS) is 22.8. The maximum atomic E-state index is 9.20. The Labute approximate surface area is 109 Å². The van der Waals surface area contributed by atoms with Crippen LogP contribution in [0, 0.1) is 0 Å². The molecule has 1 aliphatic rings. The highest BCUT2D eigenvalue weighted by Crippen LogP contribution is 2.18. The molecule has 4 heteroatoms. The molecule has 1 aromatic heterocycles. The van der Waals surface area contributed by atoms with Gasteiger partial charge >= 0.3 is 0 Å². The molecule has 4 nitrogen and oxygen atoms in total. The Balaban J connectivity index is 1.92. The van der Waals surface area contributed by atoms with E-state index in [1.807, 2.05) is 12.3 Å². The van der Waals surface area contributed by atoms with Crippen molar-refractivity contribution in [2.75, 3.05) is 26.2 Å². The van der Waals surface area contributed by atoms with Gasteiger partial charge in [0.15, 0.2) is 0 Å². The first-order chi connectivity index (χ1) is 8.70. The fourth-order valence-electron chi connectivity index (χ4n) is 2.80. The first-order valence-electron chi connectivity index (χ1n) is 6.80. The minimum absolute atomic E-state index is 0.271. The zero-order valence-corrected chi connectivity index (χ0v) is 11.4. The predicted molar refractivity (Wildman–Crippen MR) is 71.3 cm³/mol. The van der Waals surface area contributed by atoms with E-state index in [1.54, 1.807) is 6.26 Å². The van der Waals surface area contributed by atoms with Crippen LogP contribution in [0.25, 0.3) is 0 Å². The van der Waals surface area contributed by atoms with Crippen molar-refractivity contribution < 1.29 is 9.52 Å². The average Bonchev–Trinajstić information content (AvgIpc) is 2.82. The molecule has 0 radical (unpaired) electrons. The van der Waals surface area contributed by atoms with Crippen LogP contribution in [-0.4, -0.2) is 53.2 Å². The molecular formula is C14H24N2O2. The minimum Gasteiger partial charge on any atom is -0.472 e. The second-order valence-electron chi connectivity index (χ2n) is 5.36. The van der Waals surface area contributed by atoms with E-state index in [1.165, 1.54) is 5.56 Å². The minimum atomic E-state index is 0.271. The van der Waals surface area contributed by atoms with Crippen LogP contribution in [0.1, 0.15) is 25.8 Å². The van der Waals surface area contributed by atoms with Crippen LogP contribution in [0.2, 0.25) is 0 Å². The number of piperazine rings is 1. The number of rotatable bonds is 5. The number of aliphatic hydroxyl groups excluding tert-OH is 1. The lowest BCUT2D eigenvalue weighted by atomic mass is 10.1. The summed E-state index contributed by atoms with van der Waals surface area (Å²) in [5.41, 5.74) is 1.23. The van der Waals surface area contributed by atoms with Gasteiger partial charge < -0.3 is 9.52 Å². The van der Waals surface area contributed by atoms with Crippen LogP contribution < -0.4 is 0 Å². The zero-order chi connectivity index (χ0) is 13.0. The highest BCUT2D eigenvalue weighted by Gasteiger charge is 2.28. The van der Waals surface area contributed by atoms with Crippen molar-refractivity contribution in [1.82, 2.24) is 9.80 Å². The lowest BCUT2D eigenvalue weighted by molar-refractivity contribution is 0.0348. The maximum Gasteiger partial charge on any atom is 0.0947 e. The fourth-order valence-corrected chi connectivity index (χ4v) is 2.80. The number of aliphatic hydroxyl groups is 1. The summed E-state index contributed by atoms with van der Waals surface area (Å²) in [6.07, 6.45) is 4.40. The lowest BCUT2D eigenvalue weighted by Crippen LogP contribution is -2.55. The number of nitrogens with zero attached hydrogens (tertiary/aromatic N) is 2. The maximum absolute atomic E-state index is 9.20. The third kappa shape index (κ3) is 3.34. The Hall–Kier alpha value is -0.840. The van der Waals surface area contributed by atoms with Gasteiger partial charge in [-0.05, 0) is 26.3 Å². The van der Waals surface area contributed by atoms with E-state index in [9.17, 15) is 5.11 Å². The van der Waals surface area contributed by atoms with Crippen LogP contribution in [0.15, 0.2) is 23.0 Å². The van der Waals surface area contributed by atoms with Crippen molar-refractivity contribution in [3.63, 3.8) is 0 Å². The van der Waals surface area contributed by atoms with E-state index < -0.39 is 0 Å². The molecular weight excluding hydrogens is 228 g/mol. The predicted octanol–water partition coefficient (Wildman–Crippen LogP) is 1.56. The molecule has 18 heavy (non-hydrogen) atoms. The molecule has 0 amide bonds. The van der Waals surface area contributed by atoms with Gasteiger partial charge in [-0.3, -0.25) is 9.80 Å². The van der Waals surface area contributed by atoms with E-state index in [2.05, 4.69) is 23.6 Å². The summed E-state index contributed by atoms with van der Waals surface area (Å²) >= 11 is 0. The molecule has 0 saturated carbocycles. The Kier molecular flexibility index (Phi) is 4.80. The van der Waals surface area contributed by atoms with Crippen molar-refractivity contribution >= 4 is 0 Å². The quantitative estimate of drug-likeness (QED) is 0.863. The summed E-state index contributed by atoms with van der Waals surface area (Å²) in [4.78, 5) is 4.95. The second kappa shape index (κ2) is 6.36. The van der Waals surface area contributed by atoms with Gasteiger partial charge in [-0.15, -0.1) is 0 Å². The zero-order valence-electron chi connectivity index (χ0n) is 11.4. The summed E-state index contributed by atoms with van der Waals surface area (Å²) in [6.45, 7) is 8.89. The fraction of sp³-hybridized carbons (Fsp3) is 0.714. The molecule has 2 heterocycles. The van der Waals surface area contributed by atoms with Crippen molar-refractivity contribution in [2.45, 2.75) is 38.9 Å². The van der Waals surface area contributed by atoms with Crippen molar-refractivity contribution in [3.8, 4) is 0 Å². The molecule has 0 bridgehead atoms. The smallest absolute Gasteiger partial charge is 0.0947 e. The molecule has 1 atom stereocenters. The average molecular weight is 252 g/mol. The van der Waals surface area contributed by atoms with Crippen LogP contribution >= 0.6 is 0 Å². The molecule has 1 fully saturated rings. The highest BCUT2D eigenvalue weighted by atomic mass is 16.3. The second-order valence-corrected chi connectivity index (χ2v) is 5.36. The van der Waals surface area contributed by atoms with E-state index >= 15 is 0 Å². The van der Waals surface area contributed by atoms with Gasteiger partial charge in [0.1, 0.15) is 0 Å². The molecule has 1 N–H and O–H groups in total. The first-order valence-corrected chi connectivity index (χ1v) is 6.80. The molecule has 0 aromatic carbocycles. The van der Waals surface area contributed by atoms with E-state index in [0.29, 0.717) is 12.1 Å². The van der Waals surface area contributed by atoms with Crippen LogP contribution in [0.5, 0.6) is 0 Å². The van der Waals surface area contributed by atoms with E-state index in [4.69, 9.17) is 4.42 Å². The van der Waals surface area contributed by atoms with Crippen LogP contribution in [0.3, 0.4) is 0 Å². The first kappa shape index (κ1) is 13.6. The molecule has 1 aliphatic heterocycles. The third-order valence-electron chi connectivity index (χ3n) is 3.72. The molecule has 1 unspecified atom stereocenters. The largest absolute Gasteiger partial charge is 0.472 e. The Morgan fingerprint density at radius 3 is 2.89 bits per heavy atom. The number of hydrogen-bond acceptors (Lipinski definition) is 4. The molecule has 1 aromatic rings. The topological polar surface area (TPSA) is 39.9 Å². The molecule has 2 rings (SSSR count). The molecule has 1 saturated heterocycles. The molecule has 102 valence electrons. The van der Waals surface area contributed by atoms with Crippen molar-refractivity contribution in [2.24, 2.45) is 0 Å². The van der Waals surface area contributed by atoms with Gasteiger partial charge in [0.25, 0.3) is 0 Å². The Morgan fingerprint density at radius 2 is 2.28 bits per heavy atom. The van der Waals surface area contributed by atoms with Crippen LogP contribution in [0.4, 0.5) is 0 Å². The number of furan rings is 1. The SMILES string of the molecule is CC(C)N1CCN(Cc2ccoc2)CC1CCO. The summed E-state index contributed by atoms with van der Waals surface area (Å²) in [5, 5.41) is 9.20. The van der Waals surface area contributed by atoms with Gasteiger partial charge in [0.2, 0.25) is 0 Å². The molecule has 0 spiro atoms. The van der Waals surface area contributed by atoms with Crippen molar-refractivity contribution in [1.29, 1.82) is 0 Å². The Bertz CT molecular complexity index is 338. The monoisotopic (exact) mass is 252 g/mol. The molecule has 0 aliphatic carbocycles. The van der Waals surface area contributed by atoms with Gasteiger partial charge in [-0.25, -0.2) is 0 Å². The number of hydrogen-bond donors (Lipinski definition) is 1. The lowest BCUT2D eigenvalue weighted by Gasteiger charge is -2.43. The van der Waals surface area contributed by atoms with Gasteiger partial charge in [-0.2, -0.15) is 0 Å². The van der Waals surface area contributed by atoms with Gasteiger partial charge in [0.05, 0.1) is 12.5 Å². The van der Waals surface area contributed by atoms with Crippen LogP contribution in [-0.2, 0) is 6.54 Å². The standard InChI is InChI=1S/C14H24N2O2/c1-12(2)16-6-5-15(10-14(16)3-7-17)9-13-4-8-18-11-13/h4,8,11-12,14,17H,3,5-7,9-10H2,1-2H3. The highest BCUT2D eigenvalue weighted by molar-refractivity contribution is 5.05. The summed E-state index contributed by atoms with van der Waals surface area (Å²) in [5.74, 6) is 0. The summed E-state index contributed by atoms with van der Waals surface area (Å²) < 4.78 is 5.11.